The van der Waals surface area contributed by atoms with Crippen LogP contribution >= 0.6 is 0 Å². The molecule has 0 aliphatic heterocycles. The number of carbonyl (C=O) groups excluding carboxylic acids is 1. The molecule has 0 aliphatic carbocycles. The van der Waals surface area contributed by atoms with Crippen molar-refractivity contribution in [2.45, 2.75) is 26.3 Å². The molecule has 0 atom stereocenters. The second-order valence-corrected chi connectivity index (χ2v) is 5.03. The van der Waals surface area contributed by atoms with E-state index in [9.17, 15) is 4.79 Å². The minimum absolute atomic E-state index is 0.136. The molecule has 0 spiro atoms. The quantitative estimate of drug-likeness (QED) is 0.757. The van der Waals surface area contributed by atoms with Crippen LogP contribution in [0, 0.1) is 0 Å². The second kappa shape index (κ2) is 8.72. The van der Waals surface area contributed by atoms with Crippen molar-refractivity contribution in [3.8, 4) is 11.5 Å². The van der Waals surface area contributed by atoms with Crippen molar-refractivity contribution < 1.29 is 9.53 Å². The van der Waals surface area contributed by atoms with Crippen LogP contribution in [-0.4, -0.2) is 12.6 Å². The van der Waals surface area contributed by atoms with Crippen LogP contribution in [0.4, 0.5) is 4.79 Å². The molecular formula is C18H22N2O2. The molecule has 2 N–H and O–H groups in total. The van der Waals surface area contributed by atoms with Gasteiger partial charge in [0, 0.05) is 13.1 Å². The third-order valence-corrected chi connectivity index (χ3v) is 3.15. The number of carbonyl (C=O) groups is 1. The number of para-hydroxylation sites is 1. The third-order valence-electron chi connectivity index (χ3n) is 3.15. The van der Waals surface area contributed by atoms with E-state index in [1.807, 2.05) is 54.6 Å². The Balaban J connectivity index is 1.85. The van der Waals surface area contributed by atoms with Crippen LogP contribution in [0.15, 0.2) is 54.6 Å². The zero-order valence-corrected chi connectivity index (χ0v) is 12.8. The highest BCUT2D eigenvalue weighted by Gasteiger charge is 2.02. The standard InChI is InChI=1S/C18H22N2O2/c1-2-3-12-19-18(21)20-14-15-8-7-11-17(13-15)22-16-9-5-4-6-10-16/h4-11,13H,2-3,12,14H2,1H3,(H2,19,20,21). The number of ether oxygens (including phenoxy) is 1. The molecule has 2 amide bonds. The van der Waals surface area contributed by atoms with E-state index in [0.717, 1.165) is 29.9 Å². The Labute approximate surface area is 131 Å². The first-order chi connectivity index (χ1) is 10.8. The third kappa shape index (κ3) is 5.48. The second-order valence-electron chi connectivity index (χ2n) is 5.03. The minimum atomic E-state index is -0.136. The van der Waals surface area contributed by atoms with Crippen LogP contribution in [0.25, 0.3) is 0 Å². The first-order valence-electron chi connectivity index (χ1n) is 7.61. The SMILES string of the molecule is CCCCNC(=O)NCc1cccc(Oc2ccccc2)c1. The van der Waals surface area contributed by atoms with E-state index in [1.54, 1.807) is 0 Å². The van der Waals surface area contributed by atoms with Crippen molar-refractivity contribution >= 4 is 6.03 Å². The molecule has 0 saturated heterocycles. The van der Waals surface area contributed by atoms with Crippen molar-refractivity contribution in [2.24, 2.45) is 0 Å². The molecular weight excluding hydrogens is 276 g/mol. The Morgan fingerprint density at radius 1 is 1.00 bits per heavy atom. The molecule has 0 aliphatic rings. The van der Waals surface area contributed by atoms with Crippen molar-refractivity contribution in [3.63, 3.8) is 0 Å². The zero-order chi connectivity index (χ0) is 15.6. The number of rotatable bonds is 7. The topological polar surface area (TPSA) is 50.4 Å². The van der Waals surface area contributed by atoms with Gasteiger partial charge in [-0.3, -0.25) is 0 Å². The molecule has 4 nitrogen and oxygen atoms in total. The van der Waals surface area contributed by atoms with E-state index in [2.05, 4.69) is 17.6 Å². The molecule has 0 saturated carbocycles. The van der Waals surface area contributed by atoms with Crippen LogP contribution in [-0.2, 0) is 6.54 Å². The van der Waals surface area contributed by atoms with E-state index in [1.165, 1.54) is 0 Å². The van der Waals surface area contributed by atoms with Gasteiger partial charge in [0.1, 0.15) is 11.5 Å². The van der Waals surface area contributed by atoms with Gasteiger partial charge < -0.3 is 15.4 Å². The predicted molar refractivity (Wildman–Crippen MR) is 88.1 cm³/mol. The van der Waals surface area contributed by atoms with E-state index in [4.69, 9.17) is 4.74 Å². The zero-order valence-electron chi connectivity index (χ0n) is 12.8. The van der Waals surface area contributed by atoms with Gasteiger partial charge in [-0.25, -0.2) is 4.79 Å². The van der Waals surface area contributed by atoms with Gasteiger partial charge in [0.05, 0.1) is 0 Å². The molecule has 2 aromatic carbocycles. The summed E-state index contributed by atoms with van der Waals surface area (Å²) >= 11 is 0. The summed E-state index contributed by atoms with van der Waals surface area (Å²) in [5.41, 5.74) is 0.999. The molecule has 2 aromatic rings. The molecule has 4 heteroatoms. The lowest BCUT2D eigenvalue weighted by Gasteiger charge is -2.09. The van der Waals surface area contributed by atoms with Gasteiger partial charge in [-0.2, -0.15) is 0 Å². The molecule has 0 aromatic heterocycles. The number of hydrogen-bond donors (Lipinski definition) is 2. The highest BCUT2D eigenvalue weighted by Crippen LogP contribution is 2.21. The van der Waals surface area contributed by atoms with Crippen molar-refractivity contribution in [3.05, 3.63) is 60.2 Å². The first kappa shape index (κ1) is 15.9. The first-order valence-corrected chi connectivity index (χ1v) is 7.61. The fourth-order valence-electron chi connectivity index (χ4n) is 1.97. The monoisotopic (exact) mass is 298 g/mol. The maximum absolute atomic E-state index is 11.6. The number of hydrogen-bond acceptors (Lipinski definition) is 2. The Kier molecular flexibility index (Phi) is 6.30. The molecule has 0 bridgehead atoms. The normalized spacial score (nSPS) is 10.0. The van der Waals surface area contributed by atoms with Crippen LogP contribution in [0.2, 0.25) is 0 Å². The average Bonchev–Trinajstić information content (AvgIpc) is 2.55. The Morgan fingerprint density at radius 3 is 2.55 bits per heavy atom. The summed E-state index contributed by atoms with van der Waals surface area (Å²) in [6.45, 7) is 3.28. The van der Waals surface area contributed by atoms with E-state index in [-0.39, 0.29) is 6.03 Å². The summed E-state index contributed by atoms with van der Waals surface area (Å²) in [7, 11) is 0. The molecule has 116 valence electrons. The minimum Gasteiger partial charge on any atom is -0.457 e. The van der Waals surface area contributed by atoms with Crippen molar-refractivity contribution in [1.82, 2.24) is 10.6 Å². The summed E-state index contributed by atoms with van der Waals surface area (Å²) in [5.74, 6) is 1.56. The fourth-order valence-corrected chi connectivity index (χ4v) is 1.97. The lowest BCUT2D eigenvalue weighted by atomic mass is 10.2. The Morgan fingerprint density at radius 2 is 1.77 bits per heavy atom. The molecule has 22 heavy (non-hydrogen) atoms. The fraction of sp³-hybridized carbons (Fsp3) is 0.278. The molecule has 0 radical (unpaired) electrons. The van der Waals surface area contributed by atoms with Gasteiger partial charge in [0.15, 0.2) is 0 Å². The lowest BCUT2D eigenvalue weighted by Crippen LogP contribution is -2.35. The van der Waals surface area contributed by atoms with Crippen LogP contribution in [0.5, 0.6) is 11.5 Å². The van der Waals surface area contributed by atoms with Gasteiger partial charge in [0.25, 0.3) is 0 Å². The van der Waals surface area contributed by atoms with Crippen LogP contribution < -0.4 is 15.4 Å². The van der Waals surface area contributed by atoms with Gasteiger partial charge >= 0.3 is 6.03 Å². The maximum Gasteiger partial charge on any atom is 0.315 e. The number of amides is 2. The number of nitrogens with one attached hydrogen (secondary N) is 2. The summed E-state index contributed by atoms with van der Waals surface area (Å²) in [4.78, 5) is 11.6. The van der Waals surface area contributed by atoms with Gasteiger partial charge in [-0.1, -0.05) is 43.7 Å². The maximum atomic E-state index is 11.6. The number of urea groups is 1. The summed E-state index contributed by atoms with van der Waals surface area (Å²) in [5, 5.41) is 5.67. The summed E-state index contributed by atoms with van der Waals surface area (Å²) in [6.07, 6.45) is 2.06. The average molecular weight is 298 g/mol. The van der Waals surface area contributed by atoms with E-state index < -0.39 is 0 Å². The number of unbranched alkanes of at least 4 members (excludes halogenated alkanes) is 1. The molecule has 2 rings (SSSR count). The highest BCUT2D eigenvalue weighted by atomic mass is 16.5. The summed E-state index contributed by atoms with van der Waals surface area (Å²) in [6, 6.07) is 17.2. The van der Waals surface area contributed by atoms with E-state index >= 15 is 0 Å². The van der Waals surface area contributed by atoms with E-state index in [0.29, 0.717) is 13.1 Å². The number of benzene rings is 2. The van der Waals surface area contributed by atoms with Gasteiger partial charge in [0.2, 0.25) is 0 Å². The highest BCUT2D eigenvalue weighted by molar-refractivity contribution is 5.73. The smallest absolute Gasteiger partial charge is 0.315 e. The van der Waals surface area contributed by atoms with Crippen molar-refractivity contribution in [2.75, 3.05) is 6.54 Å². The molecule has 0 heterocycles. The Hall–Kier alpha value is -2.49. The van der Waals surface area contributed by atoms with Crippen molar-refractivity contribution in [1.29, 1.82) is 0 Å². The van der Waals surface area contributed by atoms with Gasteiger partial charge in [-0.15, -0.1) is 0 Å². The molecule has 0 fully saturated rings. The van der Waals surface area contributed by atoms with Crippen LogP contribution in [0.1, 0.15) is 25.3 Å². The summed E-state index contributed by atoms with van der Waals surface area (Å²) < 4.78 is 5.78. The van der Waals surface area contributed by atoms with Crippen LogP contribution in [0.3, 0.4) is 0 Å². The molecule has 0 unspecified atom stereocenters. The largest absolute Gasteiger partial charge is 0.457 e. The Bertz CT molecular complexity index is 585. The predicted octanol–water partition coefficient (Wildman–Crippen LogP) is 4.08. The lowest BCUT2D eigenvalue weighted by molar-refractivity contribution is 0.240. The van der Waals surface area contributed by atoms with Gasteiger partial charge in [-0.05, 0) is 36.2 Å².